The Balaban J connectivity index is 1.80. The third kappa shape index (κ3) is 2.95. The molecule has 0 atom stereocenters. The molecule has 21 heavy (non-hydrogen) atoms. The second-order valence-corrected chi connectivity index (χ2v) is 5.22. The van der Waals surface area contributed by atoms with Crippen LogP contribution in [0.1, 0.15) is 39.9 Å². The van der Waals surface area contributed by atoms with E-state index in [1.54, 1.807) is 24.3 Å². The standard InChI is InChI=1S/C18H15NO2/c19-12-13-4-3-7-17(10-13)21-18(20)16-9-8-14-5-1-2-6-15(14)11-16/h3-4,7-11H,1-2,5-6H2. The summed E-state index contributed by atoms with van der Waals surface area (Å²) in [6, 6.07) is 14.4. The van der Waals surface area contributed by atoms with Gasteiger partial charge in [0.15, 0.2) is 0 Å². The topological polar surface area (TPSA) is 50.1 Å². The Bertz CT molecular complexity index is 728. The molecule has 2 aromatic carbocycles. The normalized spacial score (nSPS) is 13.1. The van der Waals surface area contributed by atoms with Crippen molar-refractivity contribution in [3.8, 4) is 11.8 Å². The van der Waals surface area contributed by atoms with Crippen molar-refractivity contribution >= 4 is 5.97 Å². The zero-order valence-corrected chi connectivity index (χ0v) is 11.6. The van der Waals surface area contributed by atoms with E-state index in [-0.39, 0.29) is 5.97 Å². The van der Waals surface area contributed by atoms with Crippen LogP contribution in [0.15, 0.2) is 42.5 Å². The zero-order chi connectivity index (χ0) is 14.7. The van der Waals surface area contributed by atoms with Crippen LogP contribution in [0.2, 0.25) is 0 Å². The molecule has 0 amide bonds. The van der Waals surface area contributed by atoms with E-state index in [0.717, 1.165) is 12.8 Å². The van der Waals surface area contributed by atoms with Gasteiger partial charge in [0.25, 0.3) is 0 Å². The summed E-state index contributed by atoms with van der Waals surface area (Å²) in [5.41, 5.74) is 3.63. The quantitative estimate of drug-likeness (QED) is 0.622. The predicted octanol–water partition coefficient (Wildman–Crippen LogP) is 3.66. The molecule has 1 aliphatic rings. The zero-order valence-electron chi connectivity index (χ0n) is 11.6. The highest BCUT2D eigenvalue weighted by Crippen LogP contribution is 2.23. The molecule has 0 unspecified atom stereocenters. The molecular formula is C18H15NO2. The maximum Gasteiger partial charge on any atom is 0.343 e. The van der Waals surface area contributed by atoms with Gasteiger partial charge in [-0.05, 0) is 67.1 Å². The number of benzene rings is 2. The van der Waals surface area contributed by atoms with E-state index >= 15 is 0 Å². The molecule has 0 aliphatic heterocycles. The van der Waals surface area contributed by atoms with E-state index in [4.69, 9.17) is 10.00 Å². The minimum absolute atomic E-state index is 0.376. The largest absolute Gasteiger partial charge is 0.423 e. The molecule has 0 saturated carbocycles. The number of hydrogen-bond acceptors (Lipinski definition) is 3. The molecule has 1 aliphatic carbocycles. The molecule has 3 heteroatoms. The van der Waals surface area contributed by atoms with Gasteiger partial charge in [-0.25, -0.2) is 4.79 Å². The summed E-state index contributed by atoms with van der Waals surface area (Å²) < 4.78 is 5.34. The van der Waals surface area contributed by atoms with E-state index in [0.29, 0.717) is 16.9 Å². The number of rotatable bonds is 2. The number of esters is 1. The lowest BCUT2D eigenvalue weighted by Crippen LogP contribution is -2.11. The molecule has 0 radical (unpaired) electrons. The summed E-state index contributed by atoms with van der Waals surface area (Å²) in [5, 5.41) is 8.86. The summed E-state index contributed by atoms with van der Waals surface area (Å²) in [6.45, 7) is 0. The van der Waals surface area contributed by atoms with Gasteiger partial charge in [0.1, 0.15) is 5.75 Å². The first-order chi connectivity index (χ1) is 10.3. The summed E-state index contributed by atoms with van der Waals surface area (Å²) in [5.74, 6) is 0.0234. The number of carbonyl (C=O) groups is 1. The fourth-order valence-electron chi connectivity index (χ4n) is 2.66. The number of aryl methyl sites for hydroxylation is 2. The summed E-state index contributed by atoms with van der Waals surface area (Å²) in [4.78, 5) is 12.2. The average Bonchev–Trinajstić information content (AvgIpc) is 2.54. The molecule has 0 N–H and O–H groups in total. The molecule has 0 spiro atoms. The van der Waals surface area contributed by atoms with Crippen molar-refractivity contribution < 1.29 is 9.53 Å². The molecule has 104 valence electrons. The molecule has 0 aromatic heterocycles. The van der Waals surface area contributed by atoms with Crippen molar-refractivity contribution in [1.29, 1.82) is 5.26 Å². The van der Waals surface area contributed by atoms with Crippen LogP contribution in [0.3, 0.4) is 0 Å². The van der Waals surface area contributed by atoms with Gasteiger partial charge >= 0.3 is 5.97 Å². The number of nitriles is 1. The number of ether oxygens (including phenoxy) is 1. The second kappa shape index (κ2) is 5.80. The monoisotopic (exact) mass is 277 g/mol. The fraction of sp³-hybridized carbons (Fsp3) is 0.222. The molecule has 0 fully saturated rings. The number of carbonyl (C=O) groups excluding carboxylic acids is 1. The summed E-state index contributed by atoms with van der Waals surface area (Å²) >= 11 is 0. The molecule has 0 saturated heterocycles. The third-order valence-electron chi connectivity index (χ3n) is 3.76. The van der Waals surface area contributed by atoms with Crippen LogP contribution in [0.5, 0.6) is 5.75 Å². The molecule has 3 rings (SSSR count). The lowest BCUT2D eigenvalue weighted by atomic mass is 9.90. The van der Waals surface area contributed by atoms with Gasteiger partial charge in [-0.1, -0.05) is 12.1 Å². The Labute approximate surface area is 123 Å². The van der Waals surface area contributed by atoms with E-state index < -0.39 is 0 Å². The highest BCUT2D eigenvalue weighted by atomic mass is 16.5. The van der Waals surface area contributed by atoms with Gasteiger partial charge in [0.05, 0.1) is 17.2 Å². The van der Waals surface area contributed by atoms with Crippen LogP contribution in [0, 0.1) is 11.3 Å². The maximum absolute atomic E-state index is 12.2. The van der Waals surface area contributed by atoms with Crippen LogP contribution < -0.4 is 4.74 Å². The van der Waals surface area contributed by atoms with Crippen LogP contribution in [0.4, 0.5) is 0 Å². The van der Waals surface area contributed by atoms with Crippen LogP contribution >= 0.6 is 0 Å². The van der Waals surface area contributed by atoms with E-state index in [2.05, 4.69) is 0 Å². The molecule has 0 heterocycles. The Morgan fingerprint density at radius 2 is 1.86 bits per heavy atom. The molecule has 3 nitrogen and oxygen atoms in total. The highest BCUT2D eigenvalue weighted by Gasteiger charge is 2.14. The average molecular weight is 277 g/mol. The van der Waals surface area contributed by atoms with Crippen molar-refractivity contribution in [3.63, 3.8) is 0 Å². The molecular weight excluding hydrogens is 262 g/mol. The van der Waals surface area contributed by atoms with Gasteiger partial charge in [0, 0.05) is 0 Å². The highest BCUT2D eigenvalue weighted by molar-refractivity contribution is 5.91. The van der Waals surface area contributed by atoms with Crippen LogP contribution in [-0.4, -0.2) is 5.97 Å². The Kier molecular flexibility index (Phi) is 3.70. The van der Waals surface area contributed by atoms with Gasteiger partial charge in [-0.2, -0.15) is 5.26 Å². The van der Waals surface area contributed by atoms with Crippen LogP contribution in [-0.2, 0) is 12.8 Å². The lowest BCUT2D eigenvalue weighted by molar-refractivity contribution is 0.0734. The van der Waals surface area contributed by atoms with Gasteiger partial charge < -0.3 is 4.74 Å². The third-order valence-corrected chi connectivity index (χ3v) is 3.76. The fourth-order valence-corrected chi connectivity index (χ4v) is 2.66. The minimum Gasteiger partial charge on any atom is -0.423 e. The first-order valence-corrected chi connectivity index (χ1v) is 7.10. The van der Waals surface area contributed by atoms with E-state index in [1.165, 1.54) is 24.0 Å². The lowest BCUT2D eigenvalue weighted by Gasteiger charge is -2.16. The van der Waals surface area contributed by atoms with Gasteiger partial charge in [-0.15, -0.1) is 0 Å². The van der Waals surface area contributed by atoms with Crippen molar-refractivity contribution in [1.82, 2.24) is 0 Å². The number of fused-ring (bicyclic) bond motifs is 1. The SMILES string of the molecule is N#Cc1cccc(OC(=O)c2ccc3c(c2)CCCC3)c1. The first kappa shape index (κ1) is 13.4. The Morgan fingerprint density at radius 1 is 1.05 bits per heavy atom. The van der Waals surface area contributed by atoms with E-state index in [9.17, 15) is 4.79 Å². The Morgan fingerprint density at radius 3 is 2.67 bits per heavy atom. The van der Waals surface area contributed by atoms with Crippen LogP contribution in [0.25, 0.3) is 0 Å². The predicted molar refractivity (Wildman–Crippen MR) is 79.2 cm³/mol. The van der Waals surface area contributed by atoms with Crippen molar-refractivity contribution in [2.45, 2.75) is 25.7 Å². The second-order valence-electron chi connectivity index (χ2n) is 5.22. The van der Waals surface area contributed by atoms with Gasteiger partial charge in [0.2, 0.25) is 0 Å². The number of hydrogen-bond donors (Lipinski definition) is 0. The Hall–Kier alpha value is -2.60. The maximum atomic E-state index is 12.2. The first-order valence-electron chi connectivity index (χ1n) is 7.10. The molecule has 2 aromatic rings. The van der Waals surface area contributed by atoms with Crippen molar-refractivity contribution in [2.24, 2.45) is 0 Å². The molecule has 0 bridgehead atoms. The number of nitrogens with zero attached hydrogens (tertiary/aromatic N) is 1. The van der Waals surface area contributed by atoms with Crippen molar-refractivity contribution in [3.05, 3.63) is 64.7 Å². The smallest absolute Gasteiger partial charge is 0.343 e. The van der Waals surface area contributed by atoms with E-state index in [1.807, 2.05) is 24.3 Å². The van der Waals surface area contributed by atoms with Crippen molar-refractivity contribution in [2.75, 3.05) is 0 Å². The minimum atomic E-state index is -0.376. The van der Waals surface area contributed by atoms with Gasteiger partial charge in [-0.3, -0.25) is 0 Å². The summed E-state index contributed by atoms with van der Waals surface area (Å²) in [6.07, 6.45) is 4.52. The summed E-state index contributed by atoms with van der Waals surface area (Å²) in [7, 11) is 0.